The van der Waals surface area contributed by atoms with Crippen LogP contribution in [-0.2, 0) is 23.0 Å². The SMILES string of the molecule is CCc1ccc(S(=O)(=O)N(C)Cc2ccc3c(c2)OCO3)cc1. The molecule has 0 aliphatic carbocycles. The van der Waals surface area contributed by atoms with Gasteiger partial charge in [0.2, 0.25) is 16.8 Å². The highest BCUT2D eigenvalue weighted by Crippen LogP contribution is 2.33. The van der Waals surface area contributed by atoms with Crippen molar-refractivity contribution < 1.29 is 17.9 Å². The van der Waals surface area contributed by atoms with Gasteiger partial charge in [0.15, 0.2) is 11.5 Å². The summed E-state index contributed by atoms with van der Waals surface area (Å²) >= 11 is 0. The number of hydrogen-bond donors (Lipinski definition) is 0. The van der Waals surface area contributed by atoms with Gasteiger partial charge in [-0.15, -0.1) is 0 Å². The van der Waals surface area contributed by atoms with Gasteiger partial charge in [0.05, 0.1) is 4.90 Å². The van der Waals surface area contributed by atoms with Crippen LogP contribution in [0, 0.1) is 0 Å². The van der Waals surface area contributed by atoms with Crippen molar-refractivity contribution in [3.8, 4) is 11.5 Å². The van der Waals surface area contributed by atoms with Gasteiger partial charge in [-0.25, -0.2) is 8.42 Å². The lowest BCUT2D eigenvalue weighted by Crippen LogP contribution is -2.26. The molecular weight excluding hydrogens is 314 g/mol. The van der Waals surface area contributed by atoms with Crippen LogP contribution in [-0.4, -0.2) is 26.6 Å². The lowest BCUT2D eigenvalue weighted by molar-refractivity contribution is 0.174. The zero-order chi connectivity index (χ0) is 16.4. The second-order valence-corrected chi connectivity index (χ2v) is 7.49. The van der Waals surface area contributed by atoms with Gasteiger partial charge >= 0.3 is 0 Å². The van der Waals surface area contributed by atoms with Crippen molar-refractivity contribution in [1.29, 1.82) is 0 Å². The fourth-order valence-corrected chi connectivity index (χ4v) is 3.62. The number of fused-ring (bicyclic) bond motifs is 1. The Morgan fingerprint density at radius 2 is 1.65 bits per heavy atom. The van der Waals surface area contributed by atoms with Crippen molar-refractivity contribution >= 4 is 10.0 Å². The van der Waals surface area contributed by atoms with Crippen LogP contribution < -0.4 is 9.47 Å². The maximum Gasteiger partial charge on any atom is 0.243 e. The van der Waals surface area contributed by atoms with E-state index in [1.165, 1.54) is 4.31 Å². The van der Waals surface area contributed by atoms with E-state index >= 15 is 0 Å². The van der Waals surface area contributed by atoms with Crippen molar-refractivity contribution in [2.24, 2.45) is 0 Å². The van der Waals surface area contributed by atoms with E-state index in [9.17, 15) is 8.42 Å². The number of hydrogen-bond acceptors (Lipinski definition) is 4. The van der Waals surface area contributed by atoms with Gasteiger partial charge in [0.25, 0.3) is 0 Å². The summed E-state index contributed by atoms with van der Waals surface area (Å²) in [5.41, 5.74) is 1.97. The maximum atomic E-state index is 12.6. The molecule has 0 unspecified atom stereocenters. The standard InChI is InChI=1S/C17H19NO4S/c1-3-13-4-7-15(8-5-13)23(19,20)18(2)11-14-6-9-16-17(10-14)22-12-21-16/h4-10H,3,11-12H2,1-2H3. The Kier molecular flexibility index (Phi) is 4.28. The van der Waals surface area contributed by atoms with Gasteiger partial charge in [0, 0.05) is 13.6 Å². The fourth-order valence-electron chi connectivity index (χ4n) is 2.46. The molecule has 23 heavy (non-hydrogen) atoms. The van der Waals surface area contributed by atoms with Gasteiger partial charge in [-0.05, 0) is 41.8 Å². The molecular formula is C17H19NO4S. The predicted octanol–water partition coefficient (Wildman–Crippen LogP) is 2.80. The van der Waals surface area contributed by atoms with Crippen LogP contribution in [0.2, 0.25) is 0 Å². The third-order valence-corrected chi connectivity index (χ3v) is 5.70. The molecule has 6 heteroatoms. The molecule has 0 radical (unpaired) electrons. The zero-order valence-electron chi connectivity index (χ0n) is 13.2. The first-order valence-electron chi connectivity index (χ1n) is 7.44. The van der Waals surface area contributed by atoms with Crippen molar-refractivity contribution in [3.05, 3.63) is 53.6 Å². The van der Waals surface area contributed by atoms with E-state index in [1.807, 2.05) is 31.2 Å². The first-order chi connectivity index (χ1) is 11.0. The fraction of sp³-hybridized carbons (Fsp3) is 0.294. The van der Waals surface area contributed by atoms with E-state index in [0.29, 0.717) is 16.4 Å². The monoisotopic (exact) mass is 333 g/mol. The lowest BCUT2D eigenvalue weighted by Gasteiger charge is -2.17. The maximum absolute atomic E-state index is 12.6. The molecule has 3 rings (SSSR count). The molecule has 0 fully saturated rings. The molecule has 0 saturated carbocycles. The van der Waals surface area contributed by atoms with Crippen LogP contribution >= 0.6 is 0 Å². The third-order valence-electron chi connectivity index (χ3n) is 3.88. The van der Waals surface area contributed by atoms with Gasteiger partial charge < -0.3 is 9.47 Å². The first kappa shape index (κ1) is 15.8. The molecule has 5 nitrogen and oxygen atoms in total. The predicted molar refractivity (Wildman–Crippen MR) is 87.0 cm³/mol. The number of ether oxygens (including phenoxy) is 2. The Balaban J connectivity index is 1.79. The summed E-state index contributed by atoms with van der Waals surface area (Å²) in [5.74, 6) is 1.34. The minimum atomic E-state index is -3.51. The summed E-state index contributed by atoms with van der Waals surface area (Å²) in [5, 5.41) is 0. The van der Waals surface area contributed by atoms with E-state index in [0.717, 1.165) is 17.5 Å². The van der Waals surface area contributed by atoms with Crippen molar-refractivity contribution in [2.75, 3.05) is 13.8 Å². The topological polar surface area (TPSA) is 55.8 Å². The molecule has 1 aliphatic heterocycles. The average Bonchev–Trinajstić information content (AvgIpc) is 3.02. The minimum Gasteiger partial charge on any atom is -0.454 e. The van der Waals surface area contributed by atoms with Crippen LogP contribution in [0.5, 0.6) is 11.5 Å². The first-order valence-corrected chi connectivity index (χ1v) is 8.88. The smallest absolute Gasteiger partial charge is 0.243 e. The molecule has 0 aromatic heterocycles. The van der Waals surface area contributed by atoms with Crippen molar-refractivity contribution in [3.63, 3.8) is 0 Å². The lowest BCUT2D eigenvalue weighted by atomic mass is 10.2. The zero-order valence-corrected chi connectivity index (χ0v) is 14.0. The highest BCUT2D eigenvalue weighted by Gasteiger charge is 2.22. The normalized spacial score (nSPS) is 13.5. The Labute approximate surface area is 136 Å². The second-order valence-electron chi connectivity index (χ2n) is 5.45. The molecule has 1 heterocycles. The summed E-state index contributed by atoms with van der Waals surface area (Å²) in [7, 11) is -1.94. The molecule has 0 bridgehead atoms. The summed E-state index contributed by atoms with van der Waals surface area (Å²) in [6, 6.07) is 12.5. The van der Waals surface area contributed by atoms with Gasteiger partial charge in [-0.2, -0.15) is 4.31 Å². The molecule has 0 N–H and O–H groups in total. The average molecular weight is 333 g/mol. The van der Waals surface area contributed by atoms with E-state index in [4.69, 9.17) is 9.47 Å². The van der Waals surface area contributed by atoms with E-state index in [2.05, 4.69) is 0 Å². The number of sulfonamides is 1. The summed E-state index contributed by atoms with van der Waals surface area (Å²) in [6.45, 7) is 2.51. The van der Waals surface area contributed by atoms with Crippen molar-refractivity contribution in [1.82, 2.24) is 4.31 Å². The molecule has 1 aliphatic rings. The summed E-state index contributed by atoms with van der Waals surface area (Å²) in [4.78, 5) is 0.304. The Bertz CT molecular complexity index is 800. The van der Waals surface area contributed by atoms with Crippen molar-refractivity contribution in [2.45, 2.75) is 24.8 Å². The third kappa shape index (κ3) is 3.18. The summed E-state index contributed by atoms with van der Waals surface area (Å²) < 4.78 is 37.2. The molecule has 122 valence electrons. The van der Waals surface area contributed by atoms with Crippen LogP contribution in [0.4, 0.5) is 0 Å². The Hall–Kier alpha value is -2.05. The van der Waals surface area contributed by atoms with E-state index in [-0.39, 0.29) is 13.3 Å². The Morgan fingerprint density at radius 3 is 2.35 bits per heavy atom. The van der Waals surface area contributed by atoms with Gasteiger partial charge in [-0.3, -0.25) is 0 Å². The summed E-state index contributed by atoms with van der Waals surface area (Å²) in [6.07, 6.45) is 0.882. The van der Waals surface area contributed by atoms with Gasteiger partial charge in [0.1, 0.15) is 0 Å². The van der Waals surface area contributed by atoms with Crippen LogP contribution in [0.15, 0.2) is 47.4 Å². The molecule has 2 aromatic rings. The number of nitrogens with zero attached hydrogens (tertiary/aromatic N) is 1. The molecule has 0 spiro atoms. The minimum absolute atomic E-state index is 0.205. The van der Waals surface area contributed by atoms with Crippen LogP contribution in [0.25, 0.3) is 0 Å². The van der Waals surface area contributed by atoms with Crippen LogP contribution in [0.3, 0.4) is 0 Å². The van der Waals surface area contributed by atoms with E-state index in [1.54, 1.807) is 25.2 Å². The number of aryl methyl sites for hydroxylation is 1. The van der Waals surface area contributed by atoms with E-state index < -0.39 is 10.0 Å². The quantitative estimate of drug-likeness (QED) is 0.844. The van der Waals surface area contributed by atoms with Crippen LogP contribution in [0.1, 0.15) is 18.1 Å². The van der Waals surface area contributed by atoms with Gasteiger partial charge in [-0.1, -0.05) is 25.1 Å². The molecule has 0 amide bonds. The highest BCUT2D eigenvalue weighted by atomic mass is 32.2. The number of benzene rings is 2. The molecule has 0 atom stereocenters. The second kappa shape index (κ2) is 6.22. The molecule has 0 saturated heterocycles. The molecule has 2 aromatic carbocycles. The highest BCUT2D eigenvalue weighted by molar-refractivity contribution is 7.89. The largest absolute Gasteiger partial charge is 0.454 e. The number of rotatable bonds is 5. The Morgan fingerprint density at radius 1 is 1.00 bits per heavy atom.